The second-order valence-corrected chi connectivity index (χ2v) is 7.15. The summed E-state index contributed by atoms with van der Waals surface area (Å²) in [6.07, 6.45) is 1.15. The van der Waals surface area contributed by atoms with Crippen molar-refractivity contribution in [2.45, 2.75) is 45.4 Å². The van der Waals surface area contributed by atoms with Crippen molar-refractivity contribution in [2.24, 2.45) is 0 Å². The fourth-order valence-electron chi connectivity index (χ4n) is 3.44. The highest BCUT2D eigenvalue weighted by Crippen LogP contribution is 2.23. The number of H-pyrrole nitrogens is 1. The largest absolute Gasteiger partial charge is 0.508 e. The molecule has 0 fully saturated rings. The number of rotatable bonds is 8. The minimum Gasteiger partial charge on any atom is -0.508 e. The van der Waals surface area contributed by atoms with Crippen LogP contribution in [0.1, 0.15) is 41.8 Å². The monoisotopic (exact) mass is 368 g/mol. The zero-order chi connectivity index (χ0) is 19.4. The van der Waals surface area contributed by atoms with Gasteiger partial charge in [-0.3, -0.25) is 0 Å². The summed E-state index contributed by atoms with van der Waals surface area (Å²) in [5.74, 6) is 0.0447. The minimum atomic E-state index is -0.695. The van der Waals surface area contributed by atoms with Gasteiger partial charge >= 0.3 is 0 Å². The van der Waals surface area contributed by atoms with Crippen molar-refractivity contribution in [3.05, 3.63) is 64.8 Å². The number of aliphatic hydroxyl groups excluding tert-OH is 2. The summed E-state index contributed by atoms with van der Waals surface area (Å²) in [6, 6.07) is 13.7. The van der Waals surface area contributed by atoms with E-state index in [0.717, 1.165) is 24.1 Å². The van der Waals surface area contributed by atoms with Crippen molar-refractivity contribution in [1.29, 1.82) is 0 Å². The van der Waals surface area contributed by atoms with Crippen molar-refractivity contribution in [3.63, 3.8) is 0 Å². The number of nitrogens with one attached hydrogen (secondary N) is 2. The second-order valence-electron chi connectivity index (χ2n) is 7.15. The quantitative estimate of drug-likeness (QED) is 0.422. The van der Waals surface area contributed by atoms with E-state index in [0.29, 0.717) is 17.7 Å². The number of aliphatic hydroxyl groups is 2. The first-order chi connectivity index (χ1) is 13.0. The van der Waals surface area contributed by atoms with Crippen molar-refractivity contribution in [2.75, 3.05) is 6.54 Å². The molecule has 0 saturated heterocycles. The van der Waals surface area contributed by atoms with E-state index in [1.165, 1.54) is 17.0 Å². The lowest BCUT2D eigenvalue weighted by molar-refractivity contribution is 0.168. The van der Waals surface area contributed by atoms with Gasteiger partial charge in [0.2, 0.25) is 0 Å². The molecular formula is C22H28N2O3. The average molecular weight is 368 g/mol. The first kappa shape index (κ1) is 19.4. The third-order valence-electron chi connectivity index (χ3n) is 5.05. The summed E-state index contributed by atoms with van der Waals surface area (Å²) in [5, 5.41) is 34.0. The van der Waals surface area contributed by atoms with Crippen molar-refractivity contribution in [1.82, 2.24) is 10.3 Å². The molecule has 0 bridgehead atoms. The highest BCUT2D eigenvalue weighted by Gasteiger charge is 2.14. The molecule has 3 aromatic rings. The van der Waals surface area contributed by atoms with Gasteiger partial charge in [-0.15, -0.1) is 0 Å². The standard InChI is InChI=1S/C22H28N2O3/c1-3-19(10-15-4-6-20-17(9-15)8-14(2)24-20)23-12-22(27)16-5-7-21(26)18(11-16)13-25/h4-9,11,19,22-27H,3,10,12-13H2,1-2H3. The topological polar surface area (TPSA) is 88.5 Å². The fourth-order valence-corrected chi connectivity index (χ4v) is 3.44. The van der Waals surface area contributed by atoms with E-state index in [4.69, 9.17) is 0 Å². The predicted octanol–water partition coefficient (Wildman–Crippen LogP) is 3.32. The van der Waals surface area contributed by atoms with Gasteiger partial charge in [-0.05, 0) is 66.6 Å². The minimum absolute atomic E-state index is 0.0447. The predicted molar refractivity (Wildman–Crippen MR) is 108 cm³/mol. The molecule has 5 heteroatoms. The normalized spacial score (nSPS) is 13.8. The summed E-state index contributed by atoms with van der Waals surface area (Å²) >= 11 is 0. The van der Waals surface area contributed by atoms with E-state index < -0.39 is 6.10 Å². The van der Waals surface area contributed by atoms with Crippen LogP contribution >= 0.6 is 0 Å². The molecule has 0 saturated carbocycles. The van der Waals surface area contributed by atoms with Crippen LogP contribution < -0.4 is 5.32 Å². The maximum Gasteiger partial charge on any atom is 0.121 e. The summed E-state index contributed by atoms with van der Waals surface area (Å²) in [4.78, 5) is 3.34. The molecular weight excluding hydrogens is 340 g/mol. The zero-order valence-corrected chi connectivity index (χ0v) is 15.9. The smallest absolute Gasteiger partial charge is 0.121 e. The Morgan fingerprint density at radius 2 is 1.93 bits per heavy atom. The highest BCUT2D eigenvalue weighted by atomic mass is 16.3. The van der Waals surface area contributed by atoms with Crippen LogP contribution in [0.4, 0.5) is 0 Å². The first-order valence-electron chi connectivity index (χ1n) is 9.42. The molecule has 1 heterocycles. The van der Waals surface area contributed by atoms with Gasteiger partial charge in [0.1, 0.15) is 5.75 Å². The summed E-state index contributed by atoms with van der Waals surface area (Å²) < 4.78 is 0. The molecule has 144 valence electrons. The van der Waals surface area contributed by atoms with Crippen LogP contribution in [0.5, 0.6) is 5.75 Å². The van der Waals surface area contributed by atoms with Gasteiger partial charge in [-0.2, -0.15) is 0 Å². The third-order valence-corrected chi connectivity index (χ3v) is 5.05. The van der Waals surface area contributed by atoms with Gasteiger partial charge < -0.3 is 25.6 Å². The van der Waals surface area contributed by atoms with Crippen LogP contribution in [0.3, 0.4) is 0 Å². The SMILES string of the molecule is CCC(Cc1ccc2[nH]c(C)cc2c1)NCC(O)c1ccc(O)c(CO)c1. The molecule has 0 radical (unpaired) electrons. The van der Waals surface area contributed by atoms with Crippen molar-refractivity contribution >= 4 is 10.9 Å². The Labute approximate surface area is 159 Å². The van der Waals surface area contributed by atoms with E-state index in [-0.39, 0.29) is 18.4 Å². The van der Waals surface area contributed by atoms with Gasteiger partial charge in [0.05, 0.1) is 12.7 Å². The van der Waals surface area contributed by atoms with Crippen LogP contribution in [0, 0.1) is 6.92 Å². The maximum atomic E-state index is 10.5. The van der Waals surface area contributed by atoms with E-state index in [9.17, 15) is 15.3 Å². The zero-order valence-electron chi connectivity index (χ0n) is 15.9. The van der Waals surface area contributed by atoms with E-state index in [1.807, 2.05) is 0 Å². The number of phenols is 1. The molecule has 5 N–H and O–H groups in total. The first-order valence-corrected chi connectivity index (χ1v) is 9.42. The third kappa shape index (κ3) is 4.69. The van der Waals surface area contributed by atoms with Crippen molar-refractivity contribution < 1.29 is 15.3 Å². The molecule has 0 aliphatic heterocycles. The molecule has 2 atom stereocenters. The summed E-state index contributed by atoms with van der Waals surface area (Å²) in [5.41, 5.74) is 4.69. The van der Waals surface area contributed by atoms with E-state index >= 15 is 0 Å². The molecule has 0 aliphatic rings. The number of aryl methyl sites for hydroxylation is 1. The van der Waals surface area contributed by atoms with E-state index in [1.54, 1.807) is 12.1 Å². The Balaban J connectivity index is 1.62. The number of benzene rings is 2. The molecule has 27 heavy (non-hydrogen) atoms. The number of hydrogen-bond acceptors (Lipinski definition) is 4. The Morgan fingerprint density at radius 3 is 2.67 bits per heavy atom. The summed E-state index contributed by atoms with van der Waals surface area (Å²) in [7, 11) is 0. The molecule has 1 aromatic heterocycles. The van der Waals surface area contributed by atoms with Crippen LogP contribution in [-0.2, 0) is 13.0 Å². The Kier molecular flexibility index (Phi) is 6.16. The Bertz CT molecular complexity index is 904. The van der Waals surface area contributed by atoms with Gasteiger partial charge in [-0.25, -0.2) is 0 Å². The number of fused-ring (bicyclic) bond motifs is 1. The summed E-state index contributed by atoms with van der Waals surface area (Å²) in [6.45, 7) is 4.36. The molecule has 5 nitrogen and oxygen atoms in total. The molecule has 0 spiro atoms. The Morgan fingerprint density at radius 1 is 1.11 bits per heavy atom. The molecule has 2 unspecified atom stereocenters. The lowest BCUT2D eigenvalue weighted by atomic mass is 10.0. The highest BCUT2D eigenvalue weighted by molar-refractivity contribution is 5.81. The average Bonchev–Trinajstić information content (AvgIpc) is 3.04. The molecule has 3 rings (SSSR count). The number of aromatic hydroxyl groups is 1. The molecule has 2 aromatic carbocycles. The van der Waals surface area contributed by atoms with Gasteiger partial charge in [0, 0.05) is 29.4 Å². The lowest BCUT2D eigenvalue weighted by Crippen LogP contribution is -2.34. The second kappa shape index (κ2) is 8.57. The number of aromatic nitrogens is 1. The fraction of sp³-hybridized carbons (Fsp3) is 0.364. The van der Waals surface area contributed by atoms with Crippen LogP contribution in [0.15, 0.2) is 42.5 Å². The molecule has 0 aliphatic carbocycles. The van der Waals surface area contributed by atoms with Crippen LogP contribution in [0.25, 0.3) is 10.9 Å². The maximum absolute atomic E-state index is 10.5. The lowest BCUT2D eigenvalue weighted by Gasteiger charge is -2.20. The van der Waals surface area contributed by atoms with Crippen LogP contribution in [-0.4, -0.2) is 32.9 Å². The number of hydrogen-bond donors (Lipinski definition) is 5. The number of aromatic amines is 1. The van der Waals surface area contributed by atoms with Gasteiger partial charge in [0.25, 0.3) is 0 Å². The van der Waals surface area contributed by atoms with Gasteiger partial charge in [-0.1, -0.05) is 19.1 Å². The van der Waals surface area contributed by atoms with Gasteiger partial charge in [0.15, 0.2) is 0 Å². The van der Waals surface area contributed by atoms with Crippen LogP contribution in [0.2, 0.25) is 0 Å². The van der Waals surface area contributed by atoms with Crippen molar-refractivity contribution in [3.8, 4) is 5.75 Å². The van der Waals surface area contributed by atoms with E-state index in [2.05, 4.69) is 48.4 Å². The molecule has 0 amide bonds. The Hall–Kier alpha value is -2.34.